The molecule has 1 N–H and O–H groups in total. The second-order valence-electron chi connectivity index (χ2n) is 3.91. The topological polar surface area (TPSA) is 21.3 Å². The zero-order valence-electron chi connectivity index (χ0n) is 10.1. The van der Waals surface area contributed by atoms with E-state index in [9.17, 15) is 4.39 Å². The minimum atomic E-state index is -0.287. The lowest BCUT2D eigenvalue weighted by Crippen LogP contribution is -2.22. The highest BCUT2D eigenvalue weighted by molar-refractivity contribution is 9.10. The third-order valence-electron chi connectivity index (χ3n) is 2.34. The first-order valence-corrected chi connectivity index (χ1v) is 6.81. The normalized spacial score (nSPS) is 10.5. The van der Waals surface area contributed by atoms with Crippen molar-refractivity contribution in [1.82, 2.24) is 5.32 Å². The zero-order valence-corrected chi connectivity index (χ0v) is 11.7. The van der Waals surface area contributed by atoms with Crippen molar-refractivity contribution in [2.45, 2.75) is 26.2 Å². The van der Waals surface area contributed by atoms with E-state index in [1.165, 1.54) is 31.4 Å². The van der Waals surface area contributed by atoms with E-state index in [4.69, 9.17) is 4.74 Å². The van der Waals surface area contributed by atoms with Crippen molar-refractivity contribution in [3.8, 4) is 5.75 Å². The summed E-state index contributed by atoms with van der Waals surface area (Å²) >= 11 is 3.23. The summed E-state index contributed by atoms with van der Waals surface area (Å²) in [5.74, 6) is 0.275. The van der Waals surface area contributed by atoms with Crippen molar-refractivity contribution < 1.29 is 9.13 Å². The van der Waals surface area contributed by atoms with Crippen LogP contribution < -0.4 is 10.1 Å². The van der Waals surface area contributed by atoms with Crippen molar-refractivity contribution in [3.63, 3.8) is 0 Å². The molecule has 0 aliphatic carbocycles. The maximum atomic E-state index is 13.0. The number of halogens is 2. The summed E-state index contributed by atoms with van der Waals surface area (Å²) in [4.78, 5) is 0. The molecule has 0 fully saturated rings. The van der Waals surface area contributed by atoms with Crippen LogP contribution in [0.4, 0.5) is 4.39 Å². The number of benzene rings is 1. The van der Waals surface area contributed by atoms with E-state index >= 15 is 0 Å². The van der Waals surface area contributed by atoms with Crippen LogP contribution in [0.3, 0.4) is 0 Å². The predicted octanol–water partition coefficient (Wildman–Crippen LogP) is 3.75. The maximum Gasteiger partial charge on any atom is 0.128 e. The fourth-order valence-corrected chi connectivity index (χ4v) is 1.92. The number of nitrogens with one attached hydrogen (secondary N) is 1. The molecule has 0 unspecified atom stereocenters. The van der Waals surface area contributed by atoms with Gasteiger partial charge in [-0.1, -0.05) is 35.7 Å². The summed E-state index contributed by atoms with van der Waals surface area (Å²) in [5.41, 5.74) is 0. The number of hydrogen-bond acceptors (Lipinski definition) is 2. The summed E-state index contributed by atoms with van der Waals surface area (Å²) in [6, 6.07) is 4.57. The Hall–Kier alpha value is -0.610. The highest BCUT2D eigenvalue weighted by Crippen LogP contribution is 2.20. The van der Waals surface area contributed by atoms with Crippen molar-refractivity contribution in [1.29, 1.82) is 0 Å². The molecule has 0 saturated carbocycles. The molecule has 0 heterocycles. The third-order valence-corrected chi connectivity index (χ3v) is 2.80. The predicted molar refractivity (Wildman–Crippen MR) is 72.0 cm³/mol. The van der Waals surface area contributed by atoms with Gasteiger partial charge in [-0.05, 0) is 25.1 Å². The van der Waals surface area contributed by atoms with Crippen molar-refractivity contribution in [3.05, 3.63) is 28.5 Å². The van der Waals surface area contributed by atoms with Gasteiger partial charge in [0.2, 0.25) is 0 Å². The third kappa shape index (κ3) is 6.64. The first-order valence-electron chi connectivity index (χ1n) is 6.02. The zero-order chi connectivity index (χ0) is 12.5. The Morgan fingerprint density at radius 3 is 2.76 bits per heavy atom. The monoisotopic (exact) mass is 303 g/mol. The molecule has 1 aromatic carbocycles. The lowest BCUT2D eigenvalue weighted by atomic mass is 10.2. The molecule has 0 radical (unpaired) electrons. The van der Waals surface area contributed by atoms with Crippen LogP contribution >= 0.6 is 15.9 Å². The number of hydrogen-bond donors (Lipinski definition) is 1. The molecule has 0 aromatic heterocycles. The molecule has 17 heavy (non-hydrogen) atoms. The van der Waals surface area contributed by atoms with Gasteiger partial charge in [0.25, 0.3) is 0 Å². The average Bonchev–Trinajstić information content (AvgIpc) is 2.26. The van der Waals surface area contributed by atoms with Crippen LogP contribution in [0, 0.1) is 5.82 Å². The molecule has 0 spiro atoms. The molecular weight excluding hydrogens is 285 g/mol. The van der Waals surface area contributed by atoms with Gasteiger partial charge >= 0.3 is 0 Å². The van der Waals surface area contributed by atoms with Crippen molar-refractivity contribution >= 4 is 15.9 Å². The summed E-state index contributed by atoms with van der Waals surface area (Å²) in [6.45, 7) is 4.55. The van der Waals surface area contributed by atoms with Crippen LogP contribution in [0.15, 0.2) is 22.7 Å². The molecule has 0 aliphatic heterocycles. The van der Waals surface area contributed by atoms with Gasteiger partial charge in [0.05, 0.1) is 0 Å². The number of ether oxygens (including phenoxy) is 1. The SMILES string of the molecule is CCCCCNCCOc1cc(F)cc(Br)c1. The van der Waals surface area contributed by atoms with Crippen LogP contribution in [0.2, 0.25) is 0 Å². The van der Waals surface area contributed by atoms with Gasteiger partial charge < -0.3 is 10.1 Å². The Morgan fingerprint density at radius 1 is 1.24 bits per heavy atom. The minimum absolute atomic E-state index is 0.287. The largest absolute Gasteiger partial charge is 0.492 e. The van der Waals surface area contributed by atoms with Gasteiger partial charge in [0, 0.05) is 17.1 Å². The Kier molecular flexibility index (Phi) is 7.21. The van der Waals surface area contributed by atoms with E-state index in [1.54, 1.807) is 6.07 Å². The Labute approximate surface area is 111 Å². The van der Waals surface area contributed by atoms with E-state index in [0.29, 0.717) is 16.8 Å². The summed E-state index contributed by atoms with van der Waals surface area (Å²) in [7, 11) is 0. The van der Waals surface area contributed by atoms with Gasteiger partial charge in [-0.3, -0.25) is 0 Å². The fraction of sp³-hybridized carbons (Fsp3) is 0.538. The van der Waals surface area contributed by atoms with Gasteiger partial charge in [0.15, 0.2) is 0 Å². The highest BCUT2D eigenvalue weighted by atomic mass is 79.9. The fourth-order valence-electron chi connectivity index (χ4n) is 1.48. The molecule has 4 heteroatoms. The van der Waals surface area contributed by atoms with Crippen molar-refractivity contribution in [2.24, 2.45) is 0 Å². The van der Waals surface area contributed by atoms with E-state index in [1.807, 2.05) is 0 Å². The van der Waals surface area contributed by atoms with Crippen LogP contribution in [0.1, 0.15) is 26.2 Å². The van der Waals surface area contributed by atoms with Crippen molar-refractivity contribution in [2.75, 3.05) is 19.7 Å². The van der Waals surface area contributed by atoms with Gasteiger partial charge in [0.1, 0.15) is 18.2 Å². The molecule has 0 saturated heterocycles. The minimum Gasteiger partial charge on any atom is -0.492 e. The molecule has 0 atom stereocenters. The molecule has 2 nitrogen and oxygen atoms in total. The van der Waals surface area contributed by atoms with Crippen LogP contribution in [-0.2, 0) is 0 Å². The van der Waals surface area contributed by atoms with Crippen LogP contribution in [-0.4, -0.2) is 19.7 Å². The Morgan fingerprint density at radius 2 is 2.06 bits per heavy atom. The number of rotatable bonds is 8. The first-order chi connectivity index (χ1) is 8.22. The second kappa shape index (κ2) is 8.48. The summed E-state index contributed by atoms with van der Waals surface area (Å²) in [5, 5.41) is 3.29. The van der Waals surface area contributed by atoms with Gasteiger partial charge in [-0.2, -0.15) is 0 Å². The lowest BCUT2D eigenvalue weighted by Gasteiger charge is -2.08. The molecule has 96 valence electrons. The molecule has 1 aromatic rings. The summed E-state index contributed by atoms with van der Waals surface area (Å²) in [6.07, 6.45) is 3.68. The molecular formula is C13H19BrFNO. The lowest BCUT2D eigenvalue weighted by molar-refractivity contribution is 0.312. The van der Waals surface area contributed by atoms with Crippen LogP contribution in [0.25, 0.3) is 0 Å². The molecule has 0 amide bonds. The van der Waals surface area contributed by atoms with E-state index in [-0.39, 0.29) is 5.82 Å². The van der Waals surface area contributed by atoms with Gasteiger partial charge in [-0.25, -0.2) is 4.39 Å². The Balaban J connectivity index is 2.13. The highest BCUT2D eigenvalue weighted by Gasteiger charge is 1.99. The van der Waals surface area contributed by atoms with Crippen LogP contribution in [0.5, 0.6) is 5.75 Å². The van der Waals surface area contributed by atoms with Gasteiger partial charge in [-0.15, -0.1) is 0 Å². The standard InChI is InChI=1S/C13H19BrFNO/c1-2-3-4-5-16-6-7-17-13-9-11(14)8-12(15)10-13/h8-10,16H,2-7H2,1H3. The van der Waals surface area contributed by atoms with E-state index < -0.39 is 0 Å². The quantitative estimate of drug-likeness (QED) is 0.739. The number of unbranched alkanes of at least 4 members (excludes halogenated alkanes) is 2. The first kappa shape index (κ1) is 14.5. The average molecular weight is 304 g/mol. The molecule has 0 bridgehead atoms. The van der Waals surface area contributed by atoms with E-state index in [0.717, 1.165) is 13.1 Å². The van der Waals surface area contributed by atoms with E-state index in [2.05, 4.69) is 28.2 Å². The smallest absolute Gasteiger partial charge is 0.128 e. The molecule has 0 aliphatic rings. The Bertz CT molecular complexity index is 313. The summed E-state index contributed by atoms with van der Waals surface area (Å²) < 4.78 is 19.2. The maximum absolute atomic E-state index is 13.0. The molecule has 1 rings (SSSR count). The second-order valence-corrected chi connectivity index (χ2v) is 4.83.